The van der Waals surface area contributed by atoms with Crippen molar-refractivity contribution < 1.29 is 9.84 Å². The zero-order valence-corrected chi connectivity index (χ0v) is 12.0. The zero-order chi connectivity index (χ0) is 14.8. The van der Waals surface area contributed by atoms with Crippen LogP contribution in [-0.2, 0) is 13.5 Å². The molecule has 5 nitrogen and oxygen atoms in total. The van der Waals surface area contributed by atoms with Gasteiger partial charge in [-0.3, -0.25) is 4.68 Å². The van der Waals surface area contributed by atoms with Gasteiger partial charge in [0, 0.05) is 31.1 Å². The lowest BCUT2D eigenvalue weighted by Crippen LogP contribution is -2.04. The Morgan fingerprint density at radius 2 is 2.05 bits per heavy atom. The third-order valence-electron chi connectivity index (χ3n) is 3.57. The SMILES string of the molecule is COc1ccc(C(O)Cc2nn(C)c3ccccc23)cn1. The van der Waals surface area contributed by atoms with Crippen molar-refractivity contribution in [1.29, 1.82) is 0 Å². The molecule has 21 heavy (non-hydrogen) atoms. The molecule has 1 N–H and O–H groups in total. The molecule has 108 valence electrons. The Balaban J connectivity index is 1.87. The Bertz CT molecular complexity index is 750. The number of hydrogen-bond acceptors (Lipinski definition) is 4. The van der Waals surface area contributed by atoms with E-state index in [1.807, 2.05) is 42.1 Å². The number of aliphatic hydroxyl groups is 1. The fraction of sp³-hybridized carbons (Fsp3) is 0.250. The number of fused-ring (bicyclic) bond motifs is 1. The highest BCUT2D eigenvalue weighted by Crippen LogP contribution is 2.24. The normalized spacial score (nSPS) is 12.5. The molecule has 3 rings (SSSR count). The van der Waals surface area contributed by atoms with Gasteiger partial charge in [-0.15, -0.1) is 0 Å². The second kappa shape index (κ2) is 5.54. The van der Waals surface area contributed by atoms with E-state index in [1.54, 1.807) is 19.4 Å². The summed E-state index contributed by atoms with van der Waals surface area (Å²) >= 11 is 0. The van der Waals surface area contributed by atoms with Crippen LogP contribution in [0.15, 0.2) is 42.6 Å². The quantitative estimate of drug-likeness (QED) is 0.798. The van der Waals surface area contributed by atoms with E-state index in [-0.39, 0.29) is 0 Å². The van der Waals surface area contributed by atoms with Gasteiger partial charge in [-0.05, 0) is 17.7 Å². The van der Waals surface area contributed by atoms with Crippen LogP contribution in [0.2, 0.25) is 0 Å². The molecule has 0 saturated carbocycles. The van der Waals surface area contributed by atoms with Gasteiger partial charge in [0.25, 0.3) is 0 Å². The van der Waals surface area contributed by atoms with E-state index >= 15 is 0 Å². The number of methoxy groups -OCH3 is 1. The average Bonchev–Trinajstić information content (AvgIpc) is 2.84. The molecular formula is C16H17N3O2. The molecule has 0 bridgehead atoms. The van der Waals surface area contributed by atoms with Crippen molar-refractivity contribution in [3.8, 4) is 5.88 Å². The van der Waals surface area contributed by atoms with Crippen LogP contribution in [0.5, 0.6) is 5.88 Å². The van der Waals surface area contributed by atoms with Crippen molar-refractivity contribution in [2.75, 3.05) is 7.11 Å². The van der Waals surface area contributed by atoms with E-state index in [1.165, 1.54) is 0 Å². The summed E-state index contributed by atoms with van der Waals surface area (Å²) in [7, 11) is 3.48. The second-order valence-corrected chi connectivity index (χ2v) is 4.94. The van der Waals surface area contributed by atoms with Crippen LogP contribution < -0.4 is 4.74 Å². The first kappa shape index (κ1) is 13.6. The third-order valence-corrected chi connectivity index (χ3v) is 3.57. The standard InChI is InChI=1S/C16H17N3O2/c1-19-14-6-4-3-5-12(14)13(18-19)9-15(20)11-7-8-16(21-2)17-10-11/h3-8,10,15,20H,9H2,1-2H3. The van der Waals surface area contributed by atoms with Crippen molar-refractivity contribution >= 4 is 10.9 Å². The summed E-state index contributed by atoms with van der Waals surface area (Å²) in [5.41, 5.74) is 2.70. The molecule has 3 aromatic rings. The third kappa shape index (κ3) is 2.60. The van der Waals surface area contributed by atoms with Crippen molar-refractivity contribution in [3.05, 3.63) is 53.9 Å². The van der Waals surface area contributed by atoms with Crippen molar-refractivity contribution in [1.82, 2.24) is 14.8 Å². The summed E-state index contributed by atoms with van der Waals surface area (Å²) in [5, 5.41) is 15.9. The van der Waals surface area contributed by atoms with E-state index in [0.29, 0.717) is 12.3 Å². The topological polar surface area (TPSA) is 60.2 Å². The Kier molecular flexibility index (Phi) is 3.58. The lowest BCUT2D eigenvalue weighted by Gasteiger charge is -2.09. The van der Waals surface area contributed by atoms with E-state index in [9.17, 15) is 5.11 Å². The second-order valence-electron chi connectivity index (χ2n) is 4.94. The first-order valence-corrected chi connectivity index (χ1v) is 6.77. The number of ether oxygens (including phenoxy) is 1. The van der Waals surface area contributed by atoms with E-state index in [0.717, 1.165) is 22.2 Å². The van der Waals surface area contributed by atoms with E-state index in [2.05, 4.69) is 10.1 Å². The molecule has 2 aromatic heterocycles. The van der Waals surface area contributed by atoms with E-state index < -0.39 is 6.10 Å². The highest BCUT2D eigenvalue weighted by molar-refractivity contribution is 5.81. The van der Waals surface area contributed by atoms with Gasteiger partial charge in [-0.2, -0.15) is 5.10 Å². The number of pyridine rings is 1. The minimum absolute atomic E-state index is 0.454. The molecule has 0 spiro atoms. The number of aromatic nitrogens is 3. The van der Waals surface area contributed by atoms with Gasteiger partial charge in [0.1, 0.15) is 0 Å². The van der Waals surface area contributed by atoms with Crippen LogP contribution in [-0.4, -0.2) is 27.0 Å². The van der Waals surface area contributed by atoms with Crippen molar-refractivity contribution in [2.45, 2.75) is 12.5 Å². The summed E-state index contributed by atoms with van der Waals surface area (Å²) in [5.74, 6) is 0.536. The number of aliphatic hydroxyl groups excluding tert-OH is 1. The molecule has 5 heteroatoms. The van der Waals surface area contributed by atoms with Crippen LogP contribution in [0.4, 0.5) is 0 Å². The first-order chi connectivity index (χ1) is 10.2. The molecule has 1 atom stereocenters. The molecule has 2 heterocycles. The predicted octanol–water partition coefficient (Wildman–Crippen LogP) is 2.25. The fourth-order valence-corrected chi connectivity index (χ4v) is 2.45. The van der Waals surface area contributed by atoms with Gasteiger partial charge in [-0.25, -0.2) is 4.98 Å². The number of aryl methyl sites for hydroxylation is 1. The molecule has 0 aliphatic carbocycles. The highest BCUT2D eigenvalue weighted by Gasteiger charge is 2.15. The summed E-state index contributed by atoms with van der Waals surface area (Å²) in [6, 6.07) is 11.6. The molecular weight excluding hydrogens is 266 g/mol. The summed E-state index contributed by atoms with van der Waals surface area (Å²) < 4.78 is 6.86. The molecule has 1 aromatic carbocycles. The van der Waals surface area contributed by atoms with Crippen LogP contribution in [0, 0.1) is 0 Å². The van der Waals surface area contributed by atoms with Gasteiger partial charge in [0.2, 0.25) is 5.88 Å². The lowest BCUT2D eigenvalue weighted by atomic mass is 10.0. The van der Waals surface area contributed by atoms with Gasteiger partial charge >= 0.3 is 0 Å². The maximum atomic E-state index is 10.4. The minimum atomic E-state index is -0.637. The number of nitrogens with zero attached hydrogens (tertiary/aromatic N) is 3. The number of hydrogen-bond donors (Lipinski definition) is 1. The van der Waals surface area contributed by atoms with Crippen LogP contribution in [0.25, 0.3) is 10.9 Å². The number of para-hydroxylation sites is 1. The summed E-state index contributed by atoms with van der Waals surface area (Å²) in [4.78, 5) is 4.12. The number of benzene rings is 1. The van der Waals surface area contributed by atoms with Crippen LogP contribution in [0.3, 0.4) is 0 Å². The molecule has 0 aliphatic rings. The maximum Gasteiger partial charge on any atom is 0.212 e. The molecule has 0 radical (unpaired) electrons. The smallest absolute Gasteiger partial charge is 0.212 e. The van der Waals surface area contributed by atoms with Gasteiger partial charge in [0.05, 0.1) is 24.4 Å². The van der Waals surface area contributed by atoms with Crippen molar-refractivity contribution in [3.63, 3.8) is 0 Å². The lowest BCUT2D eigenvalue weighted by molar-refractivity contribution is 0.176. The molecule has 0 fully saturated rings. The average molecular weight is 283 g/mol. The van der Waals surface area contributed by atoms with Gasteiger partial charge in [0.15, 0.2) is 0 Å². The van der Waals surface area contributed by atoms with Crippen LogP contribution in [0.1, 0.15) is 17.4 Å². The molecule has 0 amide bonds. The molecule has 0 aliphatic heterocycles. The zero-order valence-electron chi connectivity index (χ0n) is 12.0. The van der Waals surface area contributed by atoms with Gasteiger partial charge < -0.3 is 9.84 Å². The summed E-state index contributed by atoms with van der Waals surface area (Å²) in [6.07, 6.45) is 1.45. The Labute approximate surface area is 122 Å². The maximum absolute atomic E-state index is 10.4. The Morgan fingerprint density at radius 1 is 1.24 bits per heavy atom. The minimum Gasteiger partial charge on any atom is -0.481 e. The highest BCUT2D eigenvalue weighted by atomic mass is 16.5. The fourth-order valence-electron chi connectivity index (χ4n) is 2.45. The van der Waals surface area contributed by atoms with E-state index in [4.69, 9.17) is 4.74 Å². The van der Waals surface area contributed by atoms with Crippen molar-refractivity contribution in [2.24, 2.45) is 7.05 Å². The monoisotopic (exact) mass is 283 g/mol. The first-order valence-electron chi connectivity index (χ1n) is 6.77. The van der Waals surface area contributed by atoms with Crippen LogP contribution >= 0.6 is 0 Å². The Morgan fingerprint density at radius 3 is 2.76 bits per heavy atom. The molecule has 1 unspecified atom stereocenters. The predicted molar refractivity (Wildman–Crippen MR) is 80.2 cm³/mol. The molecule has 0 saturated heterocycles. The largest absolute Gasteiger partial charge is 0.481 e. The summed E-state index contributed by atoms with van der Waals surface area (Å²) in [6.45, 7) is 0. The number of rotatable bonds is 4. The Hall–Kier alpha value is -2.40. The van der Waals surface area contributed by atoms with Gasteiger partial charge in [-0.1, -0.05) is 18.2 Å².